The number of aromatic hydroxyl groups is 1. The third-order valence-electron chi connectivity index (χ3n) is 11.1. The summed E-state index contributed by atoms with van der Waals surface area (Å²) in [6, 6.07) is 5.63. The number of aliphatic hydroxyl groups is 1. The van der Waals surface area contributed by atoms with E-state index in [0.29, 0.717) is 28.9 Å². The zero-order chi connectivity index (χ0) is 30.7. The average Bonchev–Trinajstić information content (AvgIpc) is 3.22. The summed E-state index contributed by atoms with van der Waals surface area (Å²) in [5.41, 5.74) is 2.53. The summed E-state index contributed by atoms with van der Waals surface area (Å²) >= 11 is 1.44. The van der Waals surface area contributed by atoms with Crippen LogP contribution in [0.15, 0.2) is 18.2 Å². The molecule has 240 valence electrons. The lowest BCUT2D eigenvalue weighted by atomic mass is 9.50. The number of phenols is 1. The van der Waals surface area contributed by atoms with Crippen LogP contribution in [0.4, 0.5) is 22.0 Å². The van der Waals surface area contributed by atoms with Gasteiger partial charge in [0.25, 0.3) is 0 Å². The highest BCUT2D eigenvalue weighted by molar-refractivity contribution is 7.99. The maximum Gasteiger partial charge on any atom is 0.453 e. The van der Waals surface area contributed by atoms with E-state index in [1.165, 1.54) is 36.6 Å². The van der Waals surface area contributed by atoms with Crippen molar-refractivity contribution in [3.63, 3.8) is 0 Å². The molecule has 0 heterocycles. The Bertz CT molecular complexity index is 1020. The molecule has 3 nitrogen and oxygen atoms in total. The van der Waals surface area contributed by atoms with Crippen molar-refractivity contribution in [2.24, 2.45) is 29.1 Å². The summed E-state index contributed by atoms with van der Waals surface area (Å²) in [5.74, 6) is -0.789. The van der Waals surface area contributed by atoms with Gasteiger partial charge in [0, 0.05) is 6.42 Å². The number of hydrogen-bond acceptors (Lipinski definition) is 4. The first kappa shape index (κ1) is 33.8. The van der Waals surface area contributed by atoms with Crippen LogP contribution in [0.1, 0.15) is 108 Å². The second kappa shape index (κ2) is 13.9. The topological polar surface area (TPSA) is 43.7 Å². The minimum Gasteiger partial charge on any atom is -0.508 e. The lowest BCUT2D eigenvalue weighted by molar-refractivity contribution is -0.284. The van der Waals surface area contributed by atoms with Crippen LogP contribution in [-0.4, -0.2) is 58.9 Å². The molecule has 0 spiro atoms. The van der Waals surface area contributed by atoms with E-state index in [2.05, 4.69) is 31.9 Å². The summed E-state index contributed by atoms with van der Waals surface area (Å²) < 4.78 is 62.7. The standard InChI is InChI=1S/C33H50F5NO2S/c1-22-10-13-28-29-25(14-16-31(22,28)2)24-12-11-23(40)21-27(24)30(41)26(29)9-5-4-6-17-39(3)18-8-20-42-19-7-15-32(34,35)33(36,37)38/h11-12,21-22,25-26,28-30,40-41H,4-10,13-20H2,1-3H3/t22?,25?,26-,28?,29?,30-,31+/m0/s1. The first-order chi connectivity index (χ1) is 19.8. The highest BCUT2D eigenvalue weighted by Gasteiger charge is 2.57. The molecule has 0 aliphatic heterocycles. The fourth-order valence-electron chi connectivity index (χ4n) is 8.49. The molecule has 3 aliphatic carbocycles. The lowest BCUT2D eigenvalue weighted by Gasteiger charge is -2.54. The molecule has 2 N–H and O–H groups in total. The van der Waals surface area contributed by atoms with E-state index in [4.69, 9.17) is 0 Å². The Hall–Kier alpha value is -1.06. The molecule has 2 saturated carbocycles. The SMILES string of the molecule is CC1CCC2C3C(CC[C@]12C)c1ccc(O)cc1[C@@H](O)[C@H]3CCCCCN(C)CCCSCCCC(F)(F)C(F)(F)F. The van der Waals surface area contributed by atoms with Crippen molar-refractivity contribution in [2.75, 3.05) is 31.6 Å². The van der Waals surface area contributed by atoms with Gasteiger partial charge in [0.1, 0.15) is 5.75 Å². The summed E-state index contributed by atoms with van der Waals surface area (Å²) in [6.07, 6.45) is 2.71. The van der Waals surface area contributed by atoms with E-state index >= 15 is 0 Å². The molecular weight excluding hydrogens is 569 g/mol. The van der Waals surface area contributed by atoms with Gasteiger partial charge in [-0.05, 0) is 141 Å². The Kier molecular flexibility index (Phi) is 11.2. The zero-order valence-electron chi connectivity index (χ0n) is 25.4. The third kappa shape index (κ3) is 7.42. The van der Waals surface area contributed by atoms with E-state index in [-0.39, 0.29) is 18.1 Å². The number of aliphatic hydroxyl groups excluding tert-OH is 1. The number of halogens is 5. The predicted molar refractivity (Wildman–Crippen MR) is 160 cm³/mol. The maximum atomic E-state index is 13.0. The van der Waals surface area contributed by atoms with Crippen LogP contribution >= 0.6 is 11.8 Å². The molecule has 2 fully saturated rings. The largest absolute Gasteiger partial charge is 0.508 e. The Morgan fingerprint density at radius 2 is 1.67 bits per heavy atom. The van der Waals surface area contributed by atoms with Crippen molar-refractivity contribution >= 4 is 11.8 Å². The summed E-state index contributed by atoms with van der Waals surface area (Å²) in [7, 11) is 2.07. The molecule has 4 unspecified atom stereocenters. The van der Waals surface area contributed by atoms with Crippen molar-refractivity contribution in [1.82, 2.24) is 4.90 Å². The number of unbranched alkanes of at least 4 members (excludes halogenated alkanes) is 2. The normalized spacial score (nSPS) is 31.2. The first-order valence-electron chi connectivity index (χ1n) is 16.0. The van der Waals surface area contributed by atoms with Crippen molar-refractivity contribution in [1.29, 1.82) is 0 Å². The molecule has 7 atom stereocenters. The first-order valence-corrected chi connectivity index (χ1v) is 17.1. The van der Waals surface area contributed by atoms with E-state index in [1.54, 1.807) is 12.1 Å². The molecule has 1 aromatic carbocycles. The van der Waals surface area contributed by atoms with Gasteiger partial charge in [-0.3, -0.25) is 0 Å². The van der Waals surface area contributed by atoms with Crippen LogP contribution in [-0.2, 0) is 0 Å². The van der Waals surface area contributed by atoms with E-state index in [1.807, 2.05) is 0 Å². The molecule has 1 aromatic rings. The van der Waals surface area contributed by atoms with Gasteiger partial charge in [0.15, 0.2) is 0 Å². The number of phenolic OH excluding ortho intramolecular Hbond substituents is 1. The number of rotatable bonds is 14. The second-order valence-corrected chi connectivity index (χ2v) is 14.9. The number of nitrogens with zero attached hydrogens (tertiary/aromatic N) is 1. The van der Waals surface area contributed by atoms with Crippen molar-refractivity contribution in [3.05, 3.63) is 29.3 Å². The fourth-order valence-corrected chi connectivity index (χ4v) is 9.38. The Morgan fingerprint density at radius 1 is 0.952 bits per heavy atom. The Balaban J connectivity index is 1.20. The molecule has 0 aromatic heterocycles. The molecule has 0 radical (unpaired) electrons. The van der Waals surface area contributed by atoms with Crippen LogP contribution in [0.2, 0.25) is 0 Å². The predicted octanol–water partition coefficient (Wildman–Crippen LogP) is 9.19. The molecule has 0 amide bonds. The molecule has 4 rings (SSSR count). The summed E-state index contributed by atoms with van der Waals surface area (Å²) in [4.78, 5) is 2.26. The van der Waals surface area contributed by atoms with E-state index < -0.39 is 24.6 Å². The van der Waals surface area contributed by atoms with Crippen molar-refractivity contribution in [2.45, 2.75) is 109 Å². The number of hydrogen-bond donors (Lipinski definition) is 2. The van der Waals surface area contributed by atoms with Gasteiger partial charge in [-0.1, -0.05) is 32.8 Å². The second-order valence-electron chi connectivity index (χ2n) is 13.7. The average molecular weight is 620 g/mol. The molecule has 0 saturated heterocycles. The van der Waals surface area contributed by atoms with Gasteiger partial charge in [-0.25, -0.2) is 0 Å². The van der Waals surface area contributed by atoms with Crippen molar-refractivity contribution in [3.8, 4) is 5.75 Å². The molecule has 42 heavy (non-hydrogen) atoms. The highest BCUT2D eigenvalue weighted by atomic mass is 32.2. The molecule has 3 aliphatic rings. The lowest BCUT2D eigenvalue weighted by Crippen LogP contribution is -2.46. The van der Waals surface area contributed by atoms with Gasteiger partial charge < -0.3 is 15.1 Å². The number of thioether (sulfide) groups is 1. The summed E-state index contributed by atoms with van der Waals surface area (Å²) in [6.45, 7) is 6.73. The zero-order valence-corrected chi connectivity index (χ0v) is 26.3. The summed E-state index contributed by atoms with van der Waals surface area (Å²) in [5, 5.41) is 21.8. The molecule has 9 heteroatoms. The van der Waals surface area contributed by atoms with Gasteiger partial charge in [-0.2, -0.15) is 33.7 Å². The van der Waals surface area contributed by atoms with Gasteiger partial charge >= 0.3 is 12.1 Å². The van der Waals surface area contributed by atoms with Gasteiger partial charge in [-0.15, -0.1) is 0 Å². The van der Waals surface area contributed by atoms with Gasteiger partial charge in [0.2, 0.25) is 0 Å². The number of benzene rings is 1. The number of fused-ring (bicyclic) bond motifs is 5. The molecule has 0 bridgehead atoms. The highest BCUT2D eigenvalue weighted by Crippen LogP contribution is 2.66. The molecular formula is C33H50F5NO2S. The minimum atomic E-state index is -5.46. The van der Waals surface area contributed by atoms with Crippen LogP contribution in [0.3, 0.4) is 0 Å². The minimum absolute atomic E-state index is 0.143. The monoisotopic (exact) mass is 619 g/mol. The van der Waals surface area contributed by atoms with Crippen LogP contribution in [0.25, 0.3) is 0 Å². The Morgan fingerprint density at radius 3 is 2.40 bits per heavy atom. The fraction of sp³-hybridized carbons (Fsp3) is 0.818. The van der Waals surface area contributed by atoms with Gasteiger partial charge in [0.05, 0.1) is 6.10 Å². The maximum absolute atomic E-state index is 13.0. The van der Waals surface area contributed by atoms with E-state index in [0.717, 1.165) is 68.8 Å². The van der Waals surface area contributed by atoms with Crippen LogP contribution in [0, 0.1) is 29.1 Å². The van der Waals surface area contributed by atoms with Crippen LogP contribution in [0.5, 0.6) is 5.75 Å². The van der Waals surface area contributed by atoms with E-state index in [9.17, 15) is 32.2 Å². The van der Waals surface area contributed by atoms with Crippen LogP contribution < -0.4 is 0 Å². The smallest absolute Gasteiger partial charge is 0.453 e. The Labute approximate surface area is 253 Å². The quantitative estimate of drug-likeness (QED) is 0.161. The van der Waals surface area contributed by atoms with Crippen molar-refractivity contribution < 1.29 is 32.2 Å². The number of alkyl halides is 5. The third-order valence-corrected chi connectivity index (χ3v) is 12.2.